The summed E-state index contributed by atoms with van der Waals surface area (Å²) in [5.74, 6) is 0. The summed E-state index contributed by atoms with van der Waals surface area (Å²) < 4.78 is 0. The van der Waals surface area contributed by atoms with Crippen molar-refractivity contribution in [3.8, 4) is 0 Å². The van der Waals surface area contributed by atoms with Crippen molar-refractivity contribution in [2.24, 2.45) is 0 Å². The molecule has 4 aromatic rings. The number of anilines is 6. The van der Waals surface area contributed by atoms with Crippen LogP contribution in [0.2, 0.25) is 0 Å². The molecule has 0 N–H and O–H groups in total. The van der Waals surface area contributed by atoms with Crippen LogP contribution in [0, 0.1) is 0 Å². The number of hydrogen-bond donors (Lipinski definition) is 0. The number of fused-ring (bicyclic) bond motifs is 2. The first-order valence-corrected chi connectivity index (χ1v) is 14.5. The van der Waals surface area contributed by atoms with Gasteiger partial charge in [0.15, 0.2) is 0 Å². The summed E-state index contributed by atoms with van der Waals surface area (Å²) >= 11 is 0. The first-order valence-electron chi connectivity index (χ1n) is 14.5. The smallest absolute Gasteiger partial charge is 0.0953 e. The third kappa shape index (κ3) is 4.92. The Morgan fingerprint density at radius 2 is 0.850 bits per heavy atom. The summed E-state index contributed by atoms with van der Waals surface area (Å²) in [7, 11) is 0. The van der Waals surface area contributed by atoms with Gasteiger partial charge in [-0.3, -0.25) is 0 Å². The van der Waals surface area contributed by atoms with Gasteiger partial charge >= 0.3 is 0 Å². The van der Waals surface area contributed by atoms with E-state index in [0.717, 1.165) is 26.4 Å². The highest BCUT2D eigenvalue weighted by Crippen LogP contribution is 2.43. The molecule has 6 rings (SSSR count). The highest BCUT2D eigenvalue weighted by Gasteiger charge is 2.31. The van der Waals surface area contributed by atoms with E-state index in [1.807, 2.05) is 0 Å². The van der Waals surface area contributed by atoms with E-state index in [9.17, 15) is 0 Å². The van der Waals surface area contributed by atoms with Gasteiger partial charge in [0.05, 0.1) is 36.1 Å². The third-order valence-electron chi connectivity index (χ3n) is 8.34. The quantitative estimate of drug-likeness (QED) is 0.256. The molecule has 0 bridgehead atoms. The van der Waals surface area contributed by atoms with E-state index >= 15 is 0 Å². The van der Waals surface area contributed by atoms with Gasteiger partial charge in [-0.05, 0) is 70.5 Å². The molecule has 0 radical (unpaired) electrons. The zero-order chi connectivity index (χ0) is 28.1. The Hall–Kier alpha value is -3.92. The molecule has 0 amide bonds. The summed E-state index contributed by atoms with van der Waals surface area (Å²) in [5.41, 5.74) is 10.7. The van der Waals surface area contributed by atoms with E-state index in [0.29, 0.717) is 0 Å². The van der Waals surface area contributed by atoms with Crippen molar-refractivity contribution in [3.63, 3.8) is 0 Å². The molecule has 0 spiro atoms. The molecule has 0 saturated heterocycles. The van der Waals surface area contributed by atoms with E-state index in [4.69, 9.17) is 0 Å². The van der Waals surface area contributed by atoms with Crippen molar-refractivity contribution in [1.29, 1.82) is 0 Å². The van der Waals surface area contributed by atoms with E-state index in [2.05, 4.69) is 158 Å². The molecule has 206 valence electrons. The fourth-order valence-corrected chi connectivity index (χ4v) is 5.91. The van der Waals surface area contributed by atoms with Gasteiger partial charge in [0.1, 0.15) is 0 Å². The van der Waals surface area contributed by atoms with Gasteiger partial charge in [0.2, 0.25) is 0 Å². The number of rotatable bonds is 5. The molecule has 4 heteroatoms. The van der Waals surface area contributed by atoms with Crippen molar-refractivity contribution >= 4 is 34.1 Å². The molecule has 0 saturated carbocycles. The molecule has 2 aliphatic rings. The van der Waals surface area contributed by atoms with E-state index in [-0.39, 0.29) is 10.8 Å². The summed E-state index contributed by atoms with van der Waals surface area (Å²) in [6, 6.07) is 35.8. The van der Waals surface area contributed by atoms with Crippen molar-refractivity contribution in [2.45, 2.75) is 52.4 Å². The lowest BCUT2D eigenvalue weighted by atomic mass is 9.87. The molecule has 2 heterocycles. The lowest BCUT2D eigenvalue weighted by molar-refractivity contribution is 0.590. The predicted molar refractivity (Wildman–Crippen MR) is 172 cm³/mol. The fraction of sp³-hybridized carbons (Fsp3) is 0.333. The Balaban J connectivity index is 1.23. The molecule has 2 aliphatic heterocycles. The van der Waals surface area contributed by atoms with Crippen LogP contribution in [-0.2, 0) is 10.8 Å². The molecule has 40 heavy (non-hydrogen) atoms. The van der Waals surface area contributed by atoms with Crippen LogP contribution < -0.4 is 19.6 Å². The van der Waals surface area contributed by atoms with Crippen LogP contribution in [0.5, 0.6) is 0 Å². The predicted octanol–water partition coefficient (Wildman–Crippen LogP) is 8.81. The molecule has 0 fully saturated rings. The highest BCUT2D eigenvalue weighted by molar-refractivity contribution is 5.84. The Morgan fingerprint density at radius 3 is 1.23 bits per heavy atom. The molecule has 0 unspecified atom stereocenters. The summed E-state index contributed by atoms with van der Waals surface area (Å²) in [6.45, 7) is 17.3. The van der Waals surface area contributed by atoms with Gasteiger partial charge in [-0.2, -0.15) is 0 Å². The minimum Gasteiger partial charge on any atom is -0.350 e. The normalized spacial score (nSPS) is 15.1. The van der Waals surface area contributed by atoms with Crippen LogP contribution >= 0.6 is 0 Å². The standard InChI is InChI=1S/C36H42N4/c1-35(2,3)27-13-11-15-29(23-27)39-25-37(31-17-7-9-19-33(31)39)21-22-38-26-40(34-20-10-8-18-32(34)38)30-16-12-14-28(24-30)36(4,5)6/h7-20,23-24H,21-22,25-26H2,1-6H3. The molecule has 4 aromatic carbocycles. The van der Waals surface area contributed by atoms with Crippen molar-refractivity contribution in [3.05, 3.63) is 108 Å². The third-order valence-corrected chi connectivity index (χ3v) is 8.34. The minimum atomic E-state index is 0.121. The molecular weight excluding hydrogens is 488 g/mol. The average molecular weight is 531 g/mol. The summed E-state index contributed by atoms with van der Waals surface area (Å²) in [4.78, 5) is 9.99. The Morgan fingerprint density at radius 1 is 0.475 bits per heavy atom. The van der Waals surface area contributed by atoms with Crippen LogP contribution in [0.1, 0.15) is 52.7 Å². The van der Waals surface area contributed by atoms with E-state index in [1.54, 1.807) is 0 Å². The second kappa shape index (κ2) is 9.92. The lowest BCUT2D eigenvalue weighted by Gasteiger charge is -2.27. The van der Waals surface area contributed by atoms with Gasteiger partial charge in [0.25, 0.3) is 0 Å². The average Bonchev–Trinajstić information content (AvgIpc) is 3.50. The molecule has 4 nitrogen and oxygen atoms in total. The number of para-hydroxylation sites is 4. The van der Waals surface area contributed by atoms with Gasteiger partial charge in [0, 0.05) is 24.5 Å². The van der Waals surface area contributed by atoms with Crippen LogP contribution in [0.4, 0.5) is 34.1 Å². The maximum Gasteiger partial charge on any atom is 0.0953 e. The maximum atomic E-state index is 2.53. The molecular formula is C36H42N4. The molecule has 0 aromatic heterocycles. The Kier molecular flexibility index (Phi) is 6.53. The fourth-order valence-electron chi connectivity index (χ4n) is 5.91. The number of hydrogen-bond acceptors (Lipinski definition) is 4. The van der Waals surface area contributed by atoms with Gasteiger partial charge in [-0.1, -0.05) is 90.1 Å². The van der Waals surface area contributed by atoms with Gasteiger partial charge in [-0.25, -0.2) is 0 Å². The zero-order valence-corrected chi connectivity index (χ0v) is 24.9. The highest BCUT2D eigenvalue weighted by atomic mass is 15.4. The Bertz CT molecular complexity index is 1390. The topological polar surface area (TPSA) is 13.0 Å². The second-order valence-corrected chi connectivity index (χ2v) is 13.2. The lowest BCUT2D eigenvalue weighted by Crippen LogP contribution is -2.37. The summed E-state index contributed by atoms with van der Waals surface area (Å²) in [5, 5.41) is 0. The van der Waals surface area contributed by atoms with E-state index in [1.165, 1.54) is 45.3 Å². The van der Waals surface area contributed by atoms with Crippen molar-refractivity contribution < 1.29 is 0 Å². The van der Waals surface area contributed by atoms with Crippen LogP contribution in [0.15, 0.2) is 97.1 Å². The Labute approximate surface area is 240 Å². The maximum absolute atomic E-state index is 2.53. The second-order valence-electron chi connectivity index (χ2n) is 13.2. The van der Waals surface area contributed by atoms with Gasteiger partial charge < -0.3 is 19.6 Å². The van der Waals surface area contributed by atoms with Crippen LogP contribution in [-0.4, -0.2) is 26.4 Å². The molecule has 0 atom stereocenters. The van der Waals surface area contributed by atoms with Crippen LogP contribution in [0.25, 0.3) is 0 Å². The number of nitrogens with zero attached hydrogens (tertiary/aromatic N) is 4. The monoisotopic (exact) mass is 530 g/mol. The number of benzene rings is 4. The first kappa shape index (κ1) is 26.3. The van der Waals surface area contributed by atoms with Crippen molar-refractivity contribution in [1.82, 2.24) is 0 Å². The minimum absolute atomic E-state index is 0.121. The zero-order valence-electron chi connectivity index (χ0n) is 24.9. The van der Waals surface area contributed by atoms with Crippen molar-refractivity contribution in [2.75, 3.05) is 46.0 Å². The SMILES string of the molecule is CC(C)(C)c1cccc(N2CN(CCN3CN(c4cccc(C(C)(C)C)c4)c4ccccc43)c3ccccc32)c1. The summed E-state index contributed by atoms with van der Waals surface area (Å²) in [6.07, 6.45) is 0. The largest absolute Gasteiger partial charge is 0.350 e. The van der Waals surface area contributed by atoms with Gasteiger partial charge in [-0.15, -0.1) is 0 Å². The molecule has 0 aliphatic carbocycles. The first-order chi connectivity index (χ1) is 19.1. The van der Waals surface area contributed by atoms with E-state index < -0.39 is 0 Å². The van der Waals surface area contributed by atoms with Crippen LogP contribution in [0.3, 0.4) is 0 Å².